The van der Waals surface area contributed by atoms with Crippen LogP contribution in [0.25, 0.3) is 0 Å². The molecular weight excluding hydrogens is 357 g/mol. The molecule has 0 aliphatic heterocycles. The van der Waals surface area contributed by atoms with E-state index in [0.29, 0.717) is 18.8 Å². The minimum atomic E-state index is -4.88. The van der Waals surface area contributed by atoms with Gasteiger partial charge in [-0.2, -0.15) is 4.37 Å². The molecule has 1 amide bonds. The molecule has 0 saturated heterocycles. The predicted molar refractivity (Wildman–Crippen MR) is 88.7 cm³/mol. The fraction of sp³-hybridized carbons (Fsp3) is 0.357. The van der Waals surface area contributed by atoms with Crippen molar-refractivity contribution in [2.45, 2.75) is 20.1 Å². The van der Waals surface area contributed by atoms with E-state index in [4.69, 9.17) is 0 Å². The lowest BCUT2D eigenvalue weighted by Crippen LogP contribution is -2.37. The maximum Gasteiger partial charge on any atom is 0.491 e. The average Bonchev–Trinajstić information content (AvgIpc) is 3.08. The number of benzene rings is 1. The van der Waals surface area contributed by atoms with Gasteiger partial charge in [-0.1, -0.05) is 0 Å². The molecule has 0 radical (unpaired) electrons. The van der Waals surface area contributed by atoms with Crippen LogP contribution in [0, 0.1) is 0 Å². The lowest BCUT2D eigenvalue weighted by molar-refractivity contribution is -0.141. The summed E-state index contributed by atoms with van der Waals surface area (Å²) in [6.07, 6.45) is -3.90. The van der Waals surface area contributed by atoms with E-state index >= 15 is 0 Å². The number of carbonyl (C=O) groups excluding carboxylic acids is 1. The molecule has 1 heterocycles. The molecule has 0 fully saturated rings. The number of alkyl halides is 3. The first kappa shape index (κ1) is 18.8. The van der Waals surface area contributed by atoms with Gasteiger partial charge in [-0.25, -0.2) is 9.88 Å². The second-order valence-corrected chi connectivity index (χ2v) is 5.47. The van der Waals surface area contributed by atoms with Crippen LogP contribution in [0.4, 0.5) is 35.4 Å². The van der Waals surface area contributed by atoms with E-state index in [1.54, 1.807) is 6.07 Å². The number of nitrogens with zero attached hydrogens (tertiary/aromatic N) is 6. The van der Waals surface area contributed by atoms with Crippen LogP contribution in [0.3, 0.4) is 0 Å². The van der Waals surface area contributed by atoms with Crippen LogP contribution in [0.1, 0.15) is 13.8 Å². The third-order valence-corrected chi connectivity index (χ3v) is 3.87. The minimum absolute atomic E-state index is 0.101. The lowest BCUT2D eigenvalue weighted by atomic mass is 10.2. The van der Waals surface area contributed by atoms with E-state index in [1.165, 1.54) is 18.5 Å². The van der Waals surface area contributed by atoms with Gasteiger partial charge in [0.25, 0.3) is 0 Å². The summed E-state index contributed by atoms with van der Waals surface area (Å²) in [6.45, 7) is 4.98. The van der Waals surface area contributed by atoms with Gasteiger partial charge in [-0.3, -0.25) is 4.79 Å². The van der Waals surface area contributed by atoms with Crippen LogP contribution in [-0.2, 0) is 4.79 Å². The Morgan fingerprint density at radius 1 is 1.24 bits per heavy atom. The zero-order valence-corrected chi connectivity index (χ0v) is 14.3. The van der Waals surface area contributed by atoms with Gasteiger partial charge >= 0.3 is 6.30 Å². The SMILES string of the molecule is CCN(CC)c1ccc(N=Nc2ncns2)c(N(C=O)C(F)(F)F)c1. The molecule has 2 aromatic rings. The first-order chi connectivity index (χ1) is 11.9. The van der Waals surface area contributed by atoms with Crippen molar-refractivity contribution in [3.63, 3.8) is 0 Å². The highest BCUT2D eigenvalue weighted by Gasteiger charge is 2.39. The van der Waals surface area contributed by atoms with E-state index in [0.717, 1.165) is 11.5 Å². The third kappa shape index (κ3) is 4.50. The van der Waals surface area contributed by atoms with Crippen LogP contribution < -0.4 is 9.80 Å². The second kappa shape index (κ2) is 8.01. The van der Waals surface area contributed by atoms with Crippen molar-refractivity contribution in [1.29, 1.82) is 0 Å². The molecule has 0 aliphatic rings. The molecule has 134 valence electrons. The number of anilines is 2. The predicted octanol–water partition coefficient (Wildman–Crippen LogP) is 4.28. The molecule has 0 spiro atoms. The van der Waals surface area contributed by atoms with Crippen LogP contribution >= 0.6 is 11.5 Å². The van der Waals surface area contributed by atoms with Gasteiger partial charge in [-0.05, 0) is 32.0 Å². The number of rotatable bonds is 7. The highest BCUT2D eigenvalue weighted by atomic mass is 32.1. The van der Waals surface area contributed by atoms with Crippen molar-refractivity contribution >= 4 is 40.1 Å². The Balaban J connectivity index is 2.52. The molecule has 0 bridgehead atoms. The summed E-state index contributed by atoms with van der Waals surface area (Å²) >= 11 is 0.948. The maximum absolute atomic E-state index is 13.2. The summed E-state index contributed by atoms with van der Waals surface area (Å²) in [6, 6.07) is 4.28. The van der Waals surface area contributed by atoms with Crippen molar-refractivity contribution in [2.75, 3.05) is 22.9 Å². The van der Waals surface area contributed by atoms with Gasteiger partial charge in [0.1, 0.15) is 12.0 Å². The normalized spacial score (nSPS) is 11.7. The van der Waals surface area contributed by atoms with Gasteiger partial charge in [0.2, 0.25) is 11.5 Å². The smallest absolute Gasteiger partial charge is 0.372 e. The Hall–Kier alpha value is -2.56. The number of carbonyl (C=O) groups is 1. The number of hydrogen-bond acceptors (Lipinski definition) is 7. The Morgan fingerprint density at radius 2 is 1.96 bits per heavy atom. The monoisotopic (exact) mass is 372 g/mol. The Kier molecular flexibility index (Phi) is 6.02. The fourth-order valence-electron chi connectivity index (χ4n) is 2.14. The first-order valence-corrected chi connectivity index (χ1v) is 8.06. The van der Waals surface area contributed by atoms with Crippen LogP contribution in [0.15, 0.2) is 34.8 Å². The Labute approximate surface area is 146 Å². The van der Waals surface area contributed by atoms with Gasteiger partial charge in [0.15, 0.2) is 0 Å². The van der Waals surface area contributed by atoms with E-state index < -0.39 is 12.0 Å². The summed E-state index contributed by atoms with van der Waals surface area (Å²) in [5, 5.41) is 7.75. The van der Waals surface area contributed by atoms with Crippen LogP contribution in [-0.4, -0.2) is 35.2 Å². The minimum Gasteiger partial charge on any atom is -0.372 e. The van der Waals surface area contributed by atoms with Crippen molar-refractivity contribution < 1.29 is 18.0 Å². The van der Waals surface area contributed by atoms with Crippen molar-refractivity contribution in [3.05, 3.63) is 24.5 Å². The highest BCUT2D eigenvalue weighted by molar-refractivity contribution is 7.09. The first-order valence-electron chi connectivity index (χ1n) is 7.29. The van der Waals surface area contributed by atoms with E-state index in [1.807, 2.05) is 18.7 Å². The molecule has 7 nitrogen and oxygen atoms in total. The average molecular weight is 372 g/mol. The largest absolute Gasteiger partial charge is 0.491 e. The molecule has 0 aliphatic carbocycles. The van der Waals surface area contributed by atoms with E-state index in [9.17, 15) is 18.0 Å². The number of aromatic nitrogens is 2. The fourth-order valence-corrected chi connectivity index (χ4v) is 2.50. The molecule has 0 atom stereocenters. The van der Waals surface area contributed by atoms with Crippen molar-refractivity contribution in [3.8, 4) is 0 Å². The quantitative estimate of drug-likeness (QED) is 0.413. The van der Waals surface area contributed by atoms with Crippen molar-refractivity contribution in [1.82, 2.24) is 9.36 Å². The molecule has 11 heteroatoms. The second-order valence-electron chi connectivity index (χ2n) is 4.71. The van der Waals surface area contributed by atoms with Crippen molar-refractivity contribution in [2.24, 2.45) is 10.2 Å². The number of halogens is 3. The third-order valence-electron chi connectivity index (χ3n) is 3.32. The molecule has 1 aromatic carbocycles. The molecule has 0 N–H and O–H groups in total. The highest BCUT2D eigenvalue weighted by Crippen LogP contribution is 2.38. The van der Waals surface area contributed by atoms with Gasteiger partial charge < -0.3 is 4.90 Å². The summed E-state index contributed by atoms with van der Waals surface area (Å²) in [5.41, 5.74) is 0.0432. The van der Waals surface area contributed by atoms with E-state index in [2.05, 4.69) is 19.6 Å². The zero-order chi connectivity index (χ0) is 18.4. The number of amides is 1. The molecule has 0 unspecified atom stereocenters. The van der Waals surface area contributed by atoms with Crippen LogP contribution in [0.5, 0.6) is 0 Å². The zero-order valence-electron chi connectivity index (χ0n) is 13.4. The Bertz CT molecular complexity index is 731. The standard InChI is InChI=1S/C14H15F3N6OS/c1-3-22(4-2)10-5-6-11(20-21-13-18-8-19-25-13)12(7-10)23(9-24)14(15,16)17/h5-9H,3-4H2,1-2H3. The lowest BCUT2D eigenvalue weighted by Gasteiger charge is -2.25. The topological polar surface area (TPSA) is 74.1 Å². The molecule has 2 rings (SSSR count). The Morgan fingerprint density at radius 3 is 2.48 bits per heavy atom. The molecule has 0 saturated carbocycles. The molecule has 1 aromatic heterocycles. The number of azo groups is 1. The summed E-state index contributed by atoms with van der Waals surface area (Å²) < 4.78 is 43.3. The number of hydrogen-bond donors (Lipinski definition) is 0. The molecular formula is C14H15F3N6OS. The maximum atomic E-state index is 13.2. The van der Waals surface area contributed by atoms with Crippen LogP contribution in [0.2, 0.25) is 0 Å². The summed E-state index contributed by atoms with van der Waals surface area (Å²) in [7, 11) is 0. The van der Waals surface area contributed by atoms with E-state index in [-0.39, 0.29) is 22.1 Å². The van der Waals surface area contributed by atoms with Gasteiger partial charge in [0.05, 0.1) is 5.69 Å². The summed E-state index contributed by atoms with van der Waals surface area (Å²) in [5.74, 6) is 0. The summed E-state index contributed by atoms with van der Waals surface area (Å²) in [4.78, 5) is 16.4. The van der Waals surface area contributed by atoms with Gasteiger partial charge in [0, 0.05) is 30.3 Å². The van der Waals surface area contributed by atoms with Gasteiger partial charge in [-0.15, -0.1) is 23.4 Å². The molecule has 25 heavy (non-hydrogen) atoms.